The van der Waals surface area contributed by atoms with Gasteiger partial charge in [-0.15, -0.1) is 6.58 Å². The predicted octanol–water partition coefficient (Wildman–Crippen LogP) is 2.51. The van der Waals surface area contributed by atoms with Crippen LogP contribution in [-0.2, 0) is 24.0 Å². The van der Waals surface area contributed by atoms with Gasteiger partial charge < -0.3 is 26.2 Å². The molecule has 0 bridgehead atoms. The topological polar surface area (TPSA) is 180 Å². The van der Waals surface area contributed by atoms with E-state index in [1.54, 1.807) is 30.3 Å². The van der Waals surface area contributed by atoms with Crippen molar-refractivity contribution in [3.05, 3.63) is 72.8 Å². The molecule has 2 aromatic rings. The first-order chi connectivity index (χ1) is 24.1. The number of carbonyl (C=O) groups is 6. The van der Waals surface area contributed by atoms with Crippen LogP contribution in [0.5, 0.6) is 0 Å². The number of rotatable bonds is 14. The molecule has 13 heteroatoms. The summed E-state index contributed by atoms with van der Waals surface area (Å²) in [5.74, 6) is -3.62. The molecule has 1 unspecified atom stereocenters. The number of hydrogen-bond acceptors (Lipinski definition) is 8. The minimum atomic E-state index is -1.17. The van der Waals surface area contributed by atoms with Crippen molar-refractivity contribution in [3.63, 3.8) is 0 Å². The van der Waals surface area contributed by atoms with E-state index in [0.29, 0.717) is 18.5 Å². The molecule has 13 nitrogen and oxygen atoms in total. The fourth-order valence-corrected chi connectivity index (χ4v) is 7.38. The van der Waals surface area contributed by atoms with E-state index in [-0.39, 0.29) is 35.4 Å². The molecule has 272 valence electrons. The Morgan fingerprint density at radius 2 is 1.73 bits per heavy atom. The van der Waals surface area contributed by atoms with E-state index in [1.165, 1.54) is 29.6 Å². The van der Waals surface area contributed by atoms with E-state index in [1.807, 2.05) is 20.8 Å². The minimum Gasteiger partial charge on any atom is -0.346 e. The molecule has 2 saturated carbocycles. The molecule has 5 amide bonds. The van der Waals surface area contributed by atoms with Gasteiger partial charge >= 0.3 is 0 Å². The van der Waals surface area contributed by atoms with Crippen LogP contribution in [0.15, 0.2) is 61.6 Å². The Balaban J connectivity index is 1.39. The van der Waals surface area contributed by atoms with Crippen molar-refractivity contribution in [3.8, 4) is 0 Å². The number of likely N-dealkylation sites (tertiary alicyclic amines) is 1. The zero-order chi connectivity index (χ0) is 37.1. The van der Waals surface area contributed by atoms with E-state index in [0.717, 1.165) is 19.3 Å². The Kier molecular flexibility index (Phi) is 11.1. The number of benzene rings is 1. The first-order valence-electron chi connectivity index (χ1n) is 17.6. The quantitative estimate of drug-likeness (QED) is 0.172. The van der Waals surface area contributed by atoms with Gasteiger partial charge in [0.05, 0.1) is 12.2 Å². The van der Waals surface area contributed by atoms with Crippen molar-refractivity contribution in [1.29, 1.82) is 0 Å². The first kappa shape index (κ1) is 37.3. The zero-order valence-corrected chi connectivity index (χ0v) is 30.0. The third-order valence-electron chi connectivity index (χ3n) is 10.7. The van der Waals surface area contributed by atoms with Gasteiger partial charge in [0.25, 0.3) is 11.8 Å². The molecule has 6 atom stereocenters. The van der Waals surface area contributed by atoms with Gasteiger partial charge in [-0.25, -0.2) is 4.98 Å². The summed E-state index contributed by atoms with van der Waals surface area (Å²) in [5, 5.41) is 11.0. The molecule has 2 heterocycles. The van der Waals surface area contributed by atoms with Crippen LogP contribution in [-0.4, -0.2) is 81.4 Å². The maximum atomic E-state index is 14.6. The Morgan fingerprint density at radius 3 is 2.31 bits per heavy atom. The lowest BCUT2D eigenvalue weighted by molar-refractivity contribution is -0.147. The van der Waals surface area contributed by atoms with Crippen molar-refractivity contribution in [1.82, 2.24) is 36.1 Å². The van der Waals surface area contributed by atoms with Gasteiger partial charge in [0.1, 0.15) is 23.8 Å². The van der Waals surface area contributed by atoms with E-state index in [9.17, 15) is 28.8 Å². The number of fused-ring (bicyclic) bond motifs is 1. The number of aromatic nitrogens is 2. The number of amides is 5. The maximum Gasteiger partial charge on any atom is 0.289 e. The molecule has 1 saturated heterocycles. The van der Waals surface area contributed by atoms with Gasteiger partial charge in [-0.3, -0.25) is 33.8 Å². The van der Waals surface area contributed by atoms with Crippen molar-refractivity contribution in [2.24, 2.45) is 28.6 Å². The highest BCUT2D eigenvalue weighted by molar-refractivity contribution is 6.38. The van der Waals surface area contributed by atoms with E-state index in [4.69, 9.17) is 0 Å². The van der Waals surface area contributed by atoms with Crippen molar-refractivity contribution < 1.29 is 28.8 Å². The molecule has 51 heavy (non-hydrogen) atoms. The maximum absolute atomic E-state index is 14.6. The summed E-state index contributed by atoms with van der Waals surface area (Å²) < 4.78 is 0. The average molecular weight is 700 g/mol. The molecule has 1 aliphatic heterocycles. The summed E-state index contributed by atoms with van der Waals surface area (Å²) in [6.07, 6.45) is 8.76. The standard InChI is InChI=1S/C38H49N7O6/c1-7-16-41-35(50)30(46)25(19-22-12-11-13-22)42-34(49)29-27-24(38(27,5)6)21-45(29)36(51)31(37(2,3)4)44-33(48)28(23-14-9-8-10-15-23)43-32(47)26-20-39-17-18-40-26/h7-10,14-15,17-18,20,22,24-25,27-29,31H,1,11-13,16,19,21H2,2-6H3,(H,41,50)(H,42,49)(H,43,47)(H,44,48)/t24-,25?,27-,28-,29-,31+/m0/s1. The molecule has 3 fully saturated rings. The summed E-state index contributed by atoms with van der Waals surface area (Å²) >= 11 is 0. The Bertz CT molecular complexity index is 1650. The largest absolute Gasteiger partial charge is 0.346 e. The van der Waals surface area contributed by atoms with Gasteiger partial charge in [0.2, 0.25) is 23.5 Å². The van der Waals surface area contributed by atoms with Crippen LogP contribution < -0.4 is 21.3 Å². The van der Waals surface area contributed by atoms with Crippen LogP contribution in [0.25, 0.3) is 0 Å². The highest BCUT2D eigenvalue weighted by Crippen LogP contribution is 2.65. The predicted molar refractivity (Wildman–Crippen MR) is 188 cm³/mol. The van der Waals surface area contributed by atoms with Gasteiger partial charge in [-0.2, -0.15) is 0 Å². The third-order valence-corrected chi connectivity index (χ3v) is 10.7. The molecular weight excluding hydrogens is 650 g/mol. The van der Waals surface area contributed by atoms with Gasteiger partial charge in [0, 0.05) is 25.5 Å². The molecule has 5 rings (SSSR count). The van der Waals surface area contributed by atoms with E-state index < -0.39 is 64.9 Å². The van der Waals surface area contributed by atoms with Crippen LogP contribution in [0.3, 0.4) is 0 Å². The molecular formula is C38H49N7O6. The number of ketones is 1. The van der Waals surface area contributed by atoms with Crippen LogP contribution in [0, 0.1) is 28.6 Å². The molecule has 3 aliphatic rings. The summed E-state index contributed by atoms with van der Waals surface area (Å²) in [7, 11) is 0. The number of nitrogens with zero attached hydrogens (tertiary/aromatic N) is 3. The van der Waals surface area contributed by atoms with Crippen LogP contribution in [0.1, 0.15) is 82.4 Å². The second-order valence-electron chi connectivity index (χ2n) is 15.6. The molecule has 1 aromatic carbocycles. The number of Topliss-reactive ketones (excluding diaryl/α,β-unsaturated/α-hetero) is 1. The van der Waals surface area contributed by atoms with Gasteiger partial charge in [0.15, 0.2) is 0 Å². The highest BCUT2D eigenvalue weighted by Gasteiger charge is 2.70. The smallest absolute Gasteiger partial charge is 0.289 e. The van der Waals surface area contributed by atoms with Gasteiger partial charge in [-0.1, -0.05) is 90.3 Å². The highest BCUT2D eigenvalue weighted by atomic mass is 16.2. The van der Waals surface area contributed by atoms with Crippen molar-refractivity contribution >= 4 is 35.3 Å². The second kappa shape index (κ2) is 15.1. The minimum absolute atomic E-state index is 0.0229. The summed E-state index contributed by atoms with van der Waals surface area (Å²) in [4.78, 5) is 91.5. The van der Waals surface area contributed by atoms with Gasteiger partial charge in [-0.05, 0) is 40.6 Å². The summed E-state index contributed by atoms with van der Waals surface area (Å²) in [6.45, 7) is 13.5. The molecule has 1 aromatic heterocycles. The van der Waals surface area contributed by atoms with E-state index in [2.05, 4.69) is 51.7 Å². The Morgan fingerprint density at radius 1 is 1.02 bits per heavy atom. The fourth-order valence-electron chi connectivity index (χ4n) is 7.38. The normalized spacial score (nSPS) is 22.2. The lowest BCUT2D eigenvalue weighted by Gasteiger charge is -2.38. The van der Waals surface area contributed by atoms with E-state index >= 15 is 0 Å². The lowest BCUT2D eigenvalue weighted by atomic mass is 9.80. The second-order valence-corrected chi connectivity index (χ2v) is 15.6. The van der Waals surface area contributed by atoms with Crippen molar-refractivity contribution in [2.75, 3.05) is 13.1 Å². The first-order valence-corrected chi connectivity index (χ1v) is 17.6. The fraction of sp³-hybridized carbons (Fsp3) is 0.526. The zero-order valence-electron chi connectivity index (χ0n) is 30.0. The molecule has 0 spiro atoms. The average Bonchev–Trinajstić information content (AvgIpc) is 3.39. The number of hydrogen-bond donors (Lipinski definition) is 4. The lowest BCUT2D eigenvalue weighted by Crippen LogP contribution is -2.61. The number of carbonyl (C=O) groups excluding carboxylic acids is 6. The van der Waals surface area contributed by atoms with Crippen molar-refractivity contribution in [2.45, 2.75) is 84.5 Å². The number of nitrogens with one attached hydrogen (secondary N) is 4. The molecule has 4 N–H and O–H groups in total. The summed E-state index contributed by atoms with van der Waals surface area (Å²) in [6, 6.07) is 4.46. The van der Waals surface area contributed by atoms with Crippen LogP contribution >= 0.6 is 0 Å². The van der Waals surface area contributed by atoms with Crippen LogP contribution in [0.4, 0.5) is 0 Å². The summed E-state index contributed by atoms with van der Waals surface area (Å²) in [5.41, 5.74) is -0.516. The molecule has 2 aliphatic carbocycles. The Labute approximate surface area is 298 Å². The Hall–Kier alpha value is -4.94. The monoisotopic (exact) mass is 699 g/mol. The number of piperidine rings is 1. The van der Waals surface area contributed by atoms with Crippen LogP contribution in [0.2, 0.25) is 0 Å². The SMILES string of the molecule is C=CCNC(=O)C(=O)C(CC1CCC1)NC(=O)[C@@H]1[C@@H]2[C@H](CN1C(=O)[C@@H](NC(=O)[C@@H](NC(=O)c1cnccn1)c1ccccc1)C(C)(C)C)C2(C)C. The third kappa shape index (κ3) is 8.18. The molecule has 0 radical (unpaired) electrons.